The van der Waals surface area contributed by atoms with Gasteiger partial charge < -0.3 is 15.0 Å². The first-order chi connectivity index (χ1) is 14.7. The molecule has 1 amide bonds. The average Bonchev–Trinajstić information content (AvgIpc) is 2.77. The molecule has 2 aliphatic heterocycles. The first-order valence-electron chi connectivity index (χ1n) is 10.4. The number of rotatable bonds is 4. The summed E-state index contributed by atoms with van der Waals surface area (Å²) in [6.45, 7) is 7.04. The fraction of sp³-hybridized carbons (Fsp3) is 0.348. The molecular weight excluding hydrogens is 414 g/mol. The summed E-state index contributed by atoms with van der Waals surface area (Å²) in [6, 6.07) is 12.4. The molecule has 8 heteroatoms. The minimum absolute atomic E-state index is 0. The highest BCUT2D eigenvalue weighted by Gasteiger charge is 2.20. The van der Waals surface area contributed by atoms with Gasteiger partial charge in [-0.1, -0.05) is 12.1 Å². The molecule has 3 heterocycles. The van der Waals surface area contributed by atoms with E-state index in [1.165, 1.54) is 11.3 Å². The summed E-state index contributed by atoms with van der Waals surface area (Å²) in [4.78, 5) is 25.4. The monoisotopic (exact) mass is 439 g/mol. The molecule has 162 valence electrons. The third-order valence-corrected chi connectivity index (χ3v) is 5.83. The minimum atomic E-state index is -0.0928. The first-order valence-corrected chi connectivity index (χ1v) is 10.4. The standard InChI is InChI=1S/C23H25N5O2.ClH/c1-16-24-14-18-19(25-16)3-2-4-21(18)28-11-9-27(10-12-28)8-7-17-5-6-22-20(13-17)26-23(29)15-30-22;/h2-6,13-14H,7-12,15H2,1H3,(H,26,29);1H. The maximum absolute atomic E-state index is 11.5. The molecule has 5 rings (SSSR count). The molecule has 2 aliphatic rings. The van der Waals surface area contributed by atoms with E-state index in [1.54, 1.807) is 0 Å². The van der Waals surface area contributed by atoms with E-state index in [-0.39, 0.29) is 24.9 Å². The molecule has 1 aromatic heterocycles. The van der Waals surface area contributed by atoms with Gasteiger partial charge >= 0.3 is 0 Å². The molecule has 0 bridgehead atoms. The Morgan fingerprint density at radius 1 is 1.13 bits per heavy atom. The Bertz CT molecular complexity index is 1100. The zero-order valence-electron chi connectivity index (χ0n) is 17.5. The topological polar surface area (TPSA) is 70.6 Å². The third-order valence-electron chi connectivity index (χ3n) is 5.83. The van der Waals surface area contributed by atoms with Crippen LogP contribution in [-0.4, -0.2) is 60.1 Å². The van der Waals surface area contributed by atoms with Gasteiger partial charge in [0.25, 0.3) is 5.91 Å². The second kappa shape index (κ2) is 9.08. The molecule has 1 saturated heterocycles. The number of aryl methyl sites for hydroxylation is 1. The van der Waals surface area contributed by atoms with E-state index < -0.39 is 0 Å². The summed E-state index contributed by atoms with van der Waals surface area (Å²) in [5, 5.41) is 4.01. The van der Waals surface area contributed by atoms with Crippen LogP contribution < -0.4 is 15.0 Å². The summed E-state index contributed by atoms with van der Waals surface area (Å²) < 4.78 is 5.44. The predicted octanol–water partition coefficient (Wildman–Crippen LogP) is 3.06. The van der Waals surface area contributed by atoms with Gasteiger partial charge in [-0.05, 0) is 43.2 Å². The molecule has 1 fully saturated rings. The average molecular weight is 440 g/mol. The molecule has 0 aliphatic carbocycles. The molecule has 1 N–H and O–H groups in total. The van der Waals surface area contributed by atoms with E-state index in [0.29, 0.717) is 0 Å². The normalized spacial score (nSPS) is 16.3. The molecule has 0 unspecified atom stereocenters. The number of halogens is 1. The zero-order valence-corrected chi connectivity index (χ0v) is 18.3. The van der Waals surface area contributed by atoms with Crippen LogP contribution in [0.25, 0.3) is 10.9 Å². The van der Waals surface area contributed by atoms with Crippen molar-refractivity contribution in [2.45, 2.75) is 13.3 Å². The highest BCUT2D eigenvalue weighted by molar-refractivity contribution is 5.95. The van der Waals surface area contributed by atoms with Crippen LogP contribution >= 0.6 is 12.4 Å². The number of nitrogens with zero attached hydrogens (tertiary/aromatic N) is 4. The van der Waals surface area contributed by atoms with Gasteiger partial charge in [-0.25, -0.2) is 9.97 Å². The molecule has 7 nitrogen and oxygen atoms in total. The molecule has 0 atom stereocenters. The molecule has 0 saturated carbocycles. The van der Waals surface area contributed by atoms with Crippen molar-refractivity contribution in [2.24, 2.45) is 0 Å². The summed E-state index contributed by atoms with van der Waals surface area (Å²) in [7, 11) is 0. The Kier molecular flexibility index (Phi) is 6.25. The van der Waals surface area contributed by atoms with Gasteiger partial charge in [0.05, 0.1) is 11.2 Å². The first kappa shape index (κ1) is 21.3. The van der Waals surface area contributed by atoms with Gasteiger partial charge in [0.1, 0.15) is 11.6 Å². The van der Waals surface area contributed by atoms with Crippen molar-refractivity contribution in [2.75, 3.05) is 49.5 Å². The number of aromatic nitrogens is 2. The highest BCUT2D eigenvalue weighted by atomic mass is 35.5. The zero-order chi connectivity index (χ0) is 20.5. The van der Waals surface area contributed by atoms with E-state index in [1.807, 2.05) is 25.3 Å². The van der Waals surface area contributed by atoms with E-state index in [4.69, 9.17) is 4.74 Å². The van der Waals surface area contributed by atoms with Gasteiger partial charge in [-0.3, -0.25) is 9.69 Å². The second-order valence-electron chi connectivity index (χ2n) is 7.87. The van der Waals surface area contributed by atoms with Crippen molar-refractivity contribution in [3.8, 4) is 5.75 Å². The Morgan fingerprint density at radius 3 is 2.81 bits per heavy atom. The summed E-state index contributed by atoms with van der Waals surface area (Å²) >= 11 is 0. The number of ether oxygens (including phenoxy) is 1. The van der Waals surface area contributed by atoms with Gasteiger partial charge in [0, 0.05) is 50.0 Å². The number of nitrogens with one attached hydrogen (secondary N) is 1. The highest BCUT2D eigenvalue weighted by Crippen LogP contribution is 2.29. The smallest absolute Gasteiger partial charge is 0.262 e. The number of piperazine rings is 1. The maximum Gasteiger partial charge on any atom is 0.262 e. The lowest BCUT2D eigenvalue weighted by Crippen LogP contribution is -2.47. The van der Waals surface area contributed by atoms with Crippen molar-refractivity contribution in [3.63, 3.8) is 0 Å². The van der Waals surface area contributed by atoms with Crippen molar-refractivity contribution in [1.29, 1.82) is 0 Å². The summed E-state index contributed by atoms with van der Waals surface area (Å²) in [6.07, 6.45) is 2.89. The lowest BCUT2D eigenvalue weighted by atomic mass is 10.1. The third kappa shape index (κ3) is 4.57. The number of carbonyl (C=O) groups is 1. The molecule has 0 spiro atoms. The number of anilines is 2. The fourth-order valence-corrected chi connectivity index (χ4v) is 4.19. The van der Waals surface area contributed by atoms with Crippen molar-refractivity contribution in [3.05, 3.63) is 54.0 Å². The van der Waals surface area contributed by atoms with Crippen LogP contribution in [0.15, 0.2) is 42.6 Å². The van der Waals surface area contributed by atoms with Crippen LogP contribution in [0.1, 0.15) is 11.4 Å². The maximum atomic E-state index is 11.5. The number of fused-ring (bicyclic) bond motifs is 2. The number of benzene rings is 2. The lowest BCUT2D eigenvalue weighted by molar-refractivity contribution is -0.118. The SMILES string of the molecule is Cc1ncc2c(N3CCN(CCc4ccc5c(c4)NC(=O)CO5)CC3)cccc2n1.Cl. The predicted molar refractivity (Wildman–Crippen MR) is 124 cm³/mol. The van der Waals surface area contributed by atoms with E-state index >= 15 is 0 Å². The number of hydrogen-bond acceptors (Lipinski definition) is 6. The second-order valence-corrected chi connectivity index (χ2v) is 7.87. The van der Waals surface area contributed by atoms with Crippen LogP contribution in [0.2, 0.25) is 0 Å². The van der Waals surface area contributed by atoms with E-state index in [2.05, 4.69) is 49.4 Å². The van der Waals surface area contributed by atoms with Gasteiger partial charge in [0.2, 0.25) is 0 Å². The number of hydrogen-bond donors (Lipinski definition) is 1. The summed E-state index contributed by atoms with van der Waals surface area (Å²) in [5.41, 5.74) is 4.22. The van der Waals surface area contributed by atoms with E-state index in [0.717, 1.165) is 67.3 Å². The van der Waals surface area contributed by atoms with Crippen molar-refractivity contribution < 1.29 is 9.53 Å². The van der Waals surface area contributed by atoms with Crippen LogP contribution in [0, 0.1) is 6.92 Å². The van der Waals surface area contributed by atoms with Crippen molar-refractivity contribution in [1.82, 2.24) is 14.9 Å². The Morgan fingerprint density at radius 2 is 1.97 bits per heavy atom. The Balaban J connectivity index is 0.00000231. The van der Waals surface area contributed by atoms with Gasteiger partial charge in [-0.15, -0.1) is 12.4 Å². The van der Waals surface area contributed by atoms with Crippen LogP contribution in [0.3, 0.4) is 0 Å². The van der Waals surface area contributed by atoms with Crippen LogP contribution in [0.5, 0.6) is 5.75 Å². The lowest BCUT2D eigenvalue weighted by Gasteiger charge is -2.36. The summed E-state index contributed by atoms with van der Waals surface area (Å²) in [5.74, 6) is 1.46. The van der Waals surface area contributed by atoms with Gasteiger partial charge in [0.15, 0.2) is 6.61 Å². The number of carbonyl (C=O) groups excluding carboxylic acids is 1. The molecule has 3 aromatic rings. The quantitative estimate of drug-likeness (QED) is 0.673. The van der Waals surface area contributed by atoms with Gasteiger partial charge in [-0.2, -0.15) is 0 Å². The molecule has 0 radical (unpaired) electrons. The molecular formula is C23H26ClN5O2. The van der Waals surface area contributed by atoms with E-state index in [9.17, 15) is 4.79 Å². The molecule has 31 heavy (non-hydrogen) atoms. The van der Waals surface area contributed by atoms with Crippen molar-refractivity contribution >= 4 is 40.6 Å². The fourth-order valence-electron chi connectivity index (χ4n) is 4.19. The largest absolute Gasteiger partial charge is 0.482 e. The number of amides is 1. The Hall–Kier alpha value is -2.90. The van der Waals surface area contributed by atoms with Crippen LogP contribution in [-0.2, 0) is 11.2 Å². The Labute approximate surface area is 187 Å². The van der Waals surface area contributed by atoms with Crippen LogP contribution in [0.4, 0.5) is 11.4 Å². The minimum Gasteiger partial charge on any atom is -0.482 e. The molecule has 2 aromatic carbocycles.